The highest BCUT2D eigenvalue weighted by molar-refractivity contribution is 5.83. The molecule has 5 heteroatoms. The van der Waals surface area contributed by atoms with Gasteiger partial charge in [-0.15, -0.1) is 0 Å². The maximum atomic E-state index is 12.9. The second-order valence-electron chi connectivity index (χ2n) is 8.55. The van der Waals surface area contributed by atoms with Crippen molar-refractivity contribution in [1.82, 2.24) is 10.3 Å². The van der Waals surface area contributed by atoms with Crippen molar-refractivity contribution < 1.29 is 9.21 Å². The molecule has 4 fully saturated rings. The average molecular weight is 340 g/mol. The summed E-state index contributed by atoms with van der Waals surface area (Å²) >= 11 is 0. The molecule has 4 aliphatic carbocycles. The summed E-state index contributed by atoms with van der Waals surface area (Å²) in [6.45, 7) is 0.640. The molecule has 0 unspecified atom stereocenters. The van der Waals surface area contributed by atoms with E-state index in [1.54, 1.807) is 0 Å². The average Bonchev–Trinajstić information content (AvgIpc) is 2.93. The van der Waals surface area contributed by atoms with E-state index in [0.29, 0.717) is 17.6 Å². The van der Waals surface area contributed by atoms with E-state index in [1.807, 2.05) is 18.2 Å². The Hall–Kier alpha value is -2.04. The third-order valence-electron chi connectivity index (χ3n) is 6.70. The van der Waals surface area contributed by atoms with Gasteiger partial charge in [-0.3, -0.25) is 9.78 Å². The van der Waals surface area contributed by atoms with Gasteiger partial charge in [-0.1, -0.05) is 6.07 Å². The summed E-state index contributed by atoms with van der Waals surface area (Å²) in [6.07, 6.45) is 8.13. The van der Waals surface area contributed by atoms with Crippen LogP contribution in [0.3, 0.4) is 0 Å². The molecule has 0 saturated heterocycles. The highest BCUT2D eigenvalue weighted by Gasteiger charge is 2.54. The third kappa shape index (κ3) is 2.60. The van der Waals surface area contributed by atoms with E-state index in [0.717, 1.165) is 49.0 Å². The number of nitrogens with one attached hydrogen (secondary N) is 2. The Morgan fingerprint density at radius 3 is 2.52 bits per heavy atom. The second kappa shape index (κ2) is 5.48. The van der Waals surface area contributed by atoms with Crippen molar-refractivity contribution in [1.29, 1.82) is 0 Å². The lowest BCUT2D eigenvalue weighted by atomic mass is 9.49. The van der Waals surface area contributed by atoms with Crippen LogP contribution in [0.15, 0.2) is 27.4 Å². The van der Waals surface area contributed by atoms with Gasteiger partial charge in [0.2, 0.25) is 5.91 Å². The normalized spacial score (nSPS) is 33.0. The Labute approximate surface area is 146 Å². The molecular weight excluding hydrogens is 316 g/mol. The predicted octanol–water partition coefficient (Wildman–Crippen LogP) is 3.00. The largest absolute Gasteiger partial charge is 0.417 e. The molecule has 2 aromatic rings. The number of oxazole rings is 1. The Morgan fingerprint density at radius 2 is 1.84 bits per heavy atom. The van der Waals surface area contributed by atoms with Crippen LogP contribution in [0.5, 0.6) is 0 Å². The first-order valence-electron chi connectivity index (χ1n) is 9.50. The Balaban J connectivity index is 1.23. The summed E-state index contributed by atoms with van der Waals surface area (Å²) < 4.78 is 5.10. The summed E-state index contributed by atoms with van der Waals surface area (Å²) in [5.74, 6) is 2.21. The minimum Gasteiger partial charge on any atom is -0.408 e. The molecule has 4 bridgehead atoms. The number of carbonyl (C=O) groups is 1. The molecule has 1 aromatic carbocycles. The van der Waals surface area contributed by atoms with Gasteiger partial charge < -0.3 is 9.73 Å². The summed E-state index contributed by atoms with van der Waals surface area (Å²) in [7, 11) is 0. The highest BCUT2D eigenvalue weighted by Crippen LogP contribution is 2.60. The first kappa shape index (κ1) is 15.2. The third-order valence-corrected chi connectivity index (χ3v) is 6.70. The van der Waals surface area contributed by atoms with Gasteiger partial charge in [0, 0.05) is 12.0 Å². The predicted molar refractivity (Wildman–Crippen MR) is 94.2 cm³/mol. The summed E-state index contributed by atoms with van der Waals surface area (Å²) in [5, 5.41) is 3.20. The summed E-state index contributed by atoms with van der Waals surface area (Å²) in [6, 6.07) is 5.71. The number of benzene rings is 1. The van der Waals surface area contributed by atoms with Gasteiger partial charge in [0.1, 0.15) is 0 Å². The van der Waals surface area contributed by atoms with Crippen LogP contribution in [-0.4, -0.2) is 17.4 Å². The van der Waals surface area contributed by atoms with Crippen molar-refractivity contribution in [2.45, 2.75) is 44.9 Å². The number of amides is 1. The molecule has 6 rings (SSSR count). The molecule has 1 heterocycles. The SMILES string of the molecule is O=C(NCCc1ccc2[nH]c(=O)oc2c1)C12CC3CC(CC(C3)C1)C2. The van der Waals surface area contributed by atoms with Crippen LogP contribution >= 0.6 is 0 Å². The van der Waals surface area contributed by atoms with E-state index in [1.165, 1.54) is 19.3 Å². The number of fused-ring (bicyclic) bond motifs is 1. The fourth-order valence-electron chi connectivity index (χ4n) is 6.04. The zero-order valence-corrected chi connectivity index (χ0v) is 14.3. The topological polar surface area (TPSA) is 75.1 Å². The number of hydrogen-bond acceptors (Lipinski definition) is 3. The van der Waals surface area contributed by atoms with E-state index in [9.17, 15) is 9.59 Å². The lowest BCUT2D eigenvalue weighted by molar-refractivity contribution is -0.146. The summed E-state index contributed by atoms with van der Waals surface area (Å²) in [5.41, 5.74) is 2.29. The van der Waals surface area contributed by atoms with Crippen molar-refractivity contribution in [2.24, 2.45) is 23.2 Å². The van der Waals surface area contributed by atoms with Crippen molar-refractivity contribution in [3.8, 4) is 0 Å². The minimum atomic E-state index is -0.428. The molecule has 25 heavy (non-hydrogen) atoms. The fraction of sp³-hybridized carbons (Fsp3) is 0.600. The maximum Gasteiger partial charge on any atom is 0.417 e. The summed E-state index contributed by atoms with van der Waals surface area (Å²) in [4.78, 5) is 26.8. The molecule has 4 saturated carbocycles. The molecule has 0 aliphatic heterocycles. The van der Waals surface area contributed by atoms with Crippen LogP contribution in [0.2, 0.25) is 0 Å². The molecule has 4 aliphatic rings. The lowest BCUT2D eigenvalue weighted by Crippen LogP contribution is -2.53. The van der Waals surface area contributed by atoms with Crippen LogP contribution in [0, 0.1) is 23.2 Å². The van der Waals surface area contributed by atoms with Crippen LogP contribution in [0.1, 0.15) is 44.1 Å². The molecule has 1 amide bonds. The van der Waals surface area contributed by atoms with Crippen molar-refractivity contribution in [2.75, 3.05) is 6.54 Å². The standard InChI is InChI=1S/C20H24N2O3/c23-18(20-9-13-5-14(10-20)7-15(6-13)11-20)21-4-3-12-1-2-16-17(8-12)25-19(24)22-16/h1-2,8,13-15H,3-7,9-11H2,(H,21,23)(H,22,24). The molecule has 1 aromatic heterocycles. The van der Waals surface area contributed by atoms with Crippen LogP contribution in [0.4, 0.5) is 0 Å². The van der Waals surface area contributed by atoms with Gasteiger partial charge in [0.05, 0.1) is 5.52 Å². The second-order valence-corrected chi connectivity index (χ2v) is 8.55. The van der Waals surface area contributed by atoms with E-state index < -0.39 is 5.76 Å². The van der Waals surface area contributed by atoms with Crippen LogP contribution in [-0.2, 0) is 11.2 Å². The molecule has 5 nitrogen and oxygen atoms in total. The highest BCUT2D eigenvalue weighted by atomic mass is 16.4. The number of aromatic nitrogens is 1. The minimum absolute atomic E-state index is 0.0772. The van der Waals surface area contributed by atoms with Crippen LogP contribution in [0.25, 0.3) is 11.1 Å². The van der Waals surface area contributed by atoms with E-state index in [4.69, 9.17) is 4.42 Å². The Bertz CT molecular complexity index is 843. The van der Waals surface area contributed by atoms with Gasteiger partial charge in [-0.25, -0.2) is 4.79 Å². The van der Waals surface area contributed by atoms with E-state index in [2.05, 4.69) is 10.3 Å². The molecule has 0 radical (unpaired) electrons. The first-order valence-corrected chi connectivity index (χ1v) is 9.50. The number of aromatic amines is 1. The van der Waals surface area contributed by atoms with Gasteiger partial charge in [0.15, 0.2) is 5.58 Å². The van der Waals surface area contributed by atoms with Crippen molar-refractivity contribution >= 4 is 17.0 Å². The molecule has 0 spiro atoms. The zero-order valence-electron chi connectivity index (χ0n) is 14.3. The molecular formula is C20H24N2O3. The van der Waals surface area contributed by atoms with Crippen molar-refractivity contribution in [3.63, 3.8) is 0 Å². The lowest BCUT2D eigenvalue weighted by Gasteiger charge is -2.55. The van der Waals surface area contributed by atoms with Gasteiger partial charge in [-0.2, -0.15) is 0 Å². The van der Waals surface area contributed by atoms with Gasteiger partial charge >= 0.3 is 5.76 Å². The smallest absolute Gasteiger partial charge is 0.408 e. The number of carbonyl (C=O) groups excluding carboxylic acids is 1. The van der Waals surface area contributed by atoms with E-state index in [-0.39, 0.29) is 11.3 Å². The van der Waals surface area contributed by atoms with E-state index >= 15 is 0 Å². The van der Waals surface area contributed by atoms with Gasteiger partial charge in [0.25, 0.3) is 0 Å². The molecule has 132 valence electrons. The number of H-pyrrole nitrogens is 1. The quantitative estimate of drug-likeness (QED) is 0.898. The van der Waals surface area contributed by atoms with Gasteiger partial charge in [-0.05, 0) is 80.4 Å². The Morgan fingerprint density at radius 1 is 1.16 bits per heavy atom. The zero-order chi connectivity index (χ0) is 17.0. The van der Waals surface area contributed by atoms with Crippen molar-refractivity contribution in [3.05, 3.63) is 34.3 Å². The molecule has 0 atom stereocenters. The maximum absolute atomic E-state index is 12.9. The first-order chi connectivity index (χ1) is 12.1. The monoisotopic (exact) mass is 340 g/mol. The fourth-order valence-corrected chi connectivity index (χ4v) is 6.04. The van der Waals surface area contributed by atoms with Crippen LogP contribution < -0.4 is 11.1 Å². The molecule has 2 N–H and O–H groups in total. The number of rotatable bonds is 4. The number of hydrogen-bond donors (Lipinski definition) is 2. The Kier molecular flexibility index (Phi) is 3.34.